The lowest BCUT2D eigenvalue weighted by molar-refractivity contribution is -0.138. The second-order valence-corrected chi connectivity index (χ2v) is 22.1. The zero-order valence-electron chi connectivity index (χ0n) is 48.8. The van der Waals surface area contributed by atoms with Crippen LogP contribution >= 0.6 is 0 Å². The van der Waals surface area contributed by atoms with Crippen LogP contribution in [0.3, 0.4) is 0 Å². The summed E-state index contributed by atoms with van der Waals surface area (Å²) in [5, 5.41) is 15.7. The van der Waals surface area contributed by atoms with E-state index in [1.54, 1.807) is 67.3 Å². The number of benzene rings is 5. The Kier molecular flexibility index (Phi) is 18.1. The second kappa shape index (κ2) is 26.4. The van der Waals surface area contributed by atoms with Gasteiger partial charge in [0.25, 0.3) is 11.8 Å². The number of aromatic nitrogens is 4. The number of hydrogen-bond donors (Lipinski definition) is 5. The summed E-state index contributed by atoms with van der Waals surface area (Å²) in [6, 6.07) is 26.4. The zero-order valence-corrected chi connectivity index (χ0v) is 48.8. The molecule has 18 nitrogen and oxygen atoms in total. The van der Waals surface area contributed by atoms with Crippen molar-refractivity contribution in [2.75, 3.05) is 72.0 Å². The molecule has 2 aromatic heterocycles. The van der Waals surface area contributed by atoms with E-state index in [0.717, 1.165) is 87.3 Å². The number of aliphatic imine (C=N–C) groups is 3. The van der Waals surface area contributed by atoms with E-state index >= 15 is 0 Å². The predicted molar refractivity (Wildman–Crippen MR) is 330 cm³/mol. The number of nitrogens with one attached hydrogen (secondary N) is 5. The maximum absolute atomic E-state index is 14.4. The number of alkyl halides is 6. The lowest BCUT2D eigenvalue weighted by Gasteiger charge is -2.36. The number of carbonyl (C=O) groups excluding carboxylic acids is 2. The van der Waals surface area contributed by atoms with Crippen LogP contribution in [0.1, 0.15) is 99.2 Å². The molecule has 5 aromatic carbocycles. The molecule has 2 amide bonds. The molecule has 0 spiro atoms. The molecule has 11 rings (SSSR count). The molecule has 456 valence electrons. The predicted octanol–water partition coefficient (Wildman–Crippen LogP) is 11.8. The van der Waals surface area contributed by atoms with Gasteiger partial charge in [0, 0.05) is 79.4 Å². The Morgan fingerprint density at radius 3 is 1.91 bits per heavy atom. The molecule has 6 heterocycles. The van der Waals surface area contributed by atoms with E-state index in [9.17, 15) is 35.9 Å². The van der Waals surface area contributed by atoms with Gasteiger partial charge >= 0.3 is 12.4 Å². The fourth-order valence-corrected chi connectivity index (χ4v) is 11.2. The van der Waals surface area contributed by atoms with E-state index in [2.05, 4.69) is 51.3 Å². The Labute approximate surface area is 505 Å². The number of nitrogens with zero attached hydrogens (tertiary/aromatic N) is 11. The summed E-state index contributed by atoms with van der Waals surface area (Å²) in [5.74, 6) is 0.152. The van der Waals surface area contributed by atoms with Crippen LogP contribution in [0.15, 0.2) is 142 Å². The minimum Gasteiger partial charge on any atom is -0.344 e. The standard InChI is InChI=1S/C64H66F6N16O2/c1-4-85(5-2)62-73-33-53-55(82-62)57(75-38-74-53)80-52-30-45(60(88)78-50-28-43(36-84-23-11-12-24-84)26-48(32-50)64(68,69)70)17-18-46(52)37-86-39-76-58(56-54(86)34-72-61(81-56)71-20-19-41-13-7-6-8-14-41)79-51-29-44(16-15-40(51)3)59(87)77-49-27-42(35-83-21-9-10-22-83)25-47(31-49)63(65,66)67/h6-8,13-18,25-34,38-39,54,79H,4-5,9-12,19-24,35-37H2,1-3H3,(H,71,81)(H,77,87)(H,78,88)(H,74,75,80). The monoisotopic (exact) mass is 1200 g/mol. The zero-order chi connectivity index (χ0) is 61.5. The topological polar surface area (TPSA) is 196 Å². The first-order chi connectivity index (χ1) is 42.4. The second-order valence-electron chi connectivity index (χ2n) is 22.1. The number of fused-ring (bicyclic) bond motifs is 2. The molecule has 4 aliphatic rings. The summed E-state index contributed by atoms with van der Waals surface area (Å²) in [6.07, 6.45) is 1.54. The van der Waals surface area contributed by atoms with Crippen LogP contribution in [0.2, 0.25) is 0 Å². The molecule has 0 saturated carbocycles. The van der Waals surface area contributed by atoms with E-state index in [-0.39, 0.29) is 29.0 Å². The highest BCUT2D eigenvalue weighted by Gasteiger charge is 2.35. The Balaban J connectivity index is 0.916. The molecule has 0 radical (unpaired) electrons. The van der Waals surface area contributed by atoms with Gasteiger partial charge in [-0.1, -0.05) is 42.5 Å². The van der Waals surface area contributed by atoms with Crippen LogP contribution in [-0.4, -0.2) is 117 Å². The number of rotatable bonds is 20. The molecule has 1 atom stereocenters. The van der Waals surface area contributed by atoms with E-state index in [0.29, 0.717) is 107 Å². The van der Waals surface area contributed by atoms with E-state index < -0.39 is 41.3 Å². The molecule has 0 aliphatic carbocycles. The minimum absolute atomic E-state index is 0.00242. The van der Waals surface area contributed by atoms with Gasteiger partial charge in [-0.2, -0.15) is 26.3 Å². The van der Waals surface area contributed by atoms with Crippen molar-refractivity contribution in [3.05, 3.63) is 177 Å². The van der Waals surface area contributed by atoms with Crippen LogP contribution in [0.4, 0.5) is 60.9 Å². The molecular weight excluding hydrogens is 1140 g/mol. The number of halogens is 6. The minimum atomic E-state index is -4.66. The number of aryl methyl sites for hydroxylation is 1. The normalized spacial score (nSPS) is 16.7. The highest BCUT2D eigenvalue weighted by atomic mass is 19.4. The number of anilines is 6. The average Bonchev–Trinajstić information content (AvgIpc) is 3.98. The van der Waals surface area contributed by atoms with Crippen LogP contribution in [0.25, 0.3) is 11.0 Å². The average molecular weight is 1210 g/mol. The Morgan fingerprint density at radius 2 is 1.30 bits per heavy atom. The number of hydrogen-bond acceptors (Lipinski definition) is 14. The van der Waals surface area contributed by atoms with Crippen molar-refractivity contribution in [2.24, 2.45) is 15.0 Å². The van der Waals surface area contributed by atoms with Crippen molar-refractivity contribution in [3.63, 3.8) is 0 Å². The highest BCUT2D eigenvalue weighted by Crippen LogP contribution is 2.36. The largest absolute Gasteiger partial charge is 0.416 e. The maximum Gasteiger partial charge on any atom is 0.416 e. The number of carbonyl (C=O) groups is 2. The molecular formula is C64H66F6N16O2. The maximum atomic E-state index is 14.4. The molecule has 7 aromatic rings. The van der Waals surface area contributed by atoms with Gasteiger partial charge in [-0.15, -0.1) is 0 Å². The Hall–Kier alpha value is -9.29. The van der Waals surface area contributed by atoms with Crippen LogP contribution in [-0.2, 0) is 38.4 Å². The molecule has 1 unspecified atom stereocenters. The molecule has 0 bridgehead atoms. The summed E-state index contributed by atoms with van der Waals surface area (Å²) in [4.78, 5) is 69.4. The fraction of sp³-hybridized carbons (Fsp3) is 0.328. The molecule has 5 N–H and O–H groups in total. The van der Waals surface area contributed by atoms with Crippen molar-refractivity contribution in [3.8, 4) is 0 Å². The molecule has 2 fully saturated rings. The van der Waals surface area contributed by atoms with Gasteiger partial charge in [-0.25, -0.2) is 29.9 Å². The van der Waals surface area contributed by atoms with Gasteiger partial charge in [-0.05, 0) is 168 Å². The van der Waals surface area contributed by atoms with Gasteiger partial charge in [0.05, 0.1) is 29.4 Å². The third-order valence-electron chi connectivity index (χ3n) is 15.8. The summed E-state index contributed by atoms with van der Waals surface area (Å²) < 4.78 is 85.7. The first kappa shape index (κ1) is 60.4. The first-order valence-corrected chi connectivity index (χ1v) is 29.4. The molecule has 24 heteroatoms. The van der Waals surface area contributed by atoms with Gasteiger partial charge in [0.1, 0.15) is 23.4 Å². The van der Waals surface area contributed by atoms with Crippen molar-refractivity contribution < 1.29 is 35.9 Å². The first-order valence-electron chi connectivity index (χ1n) is 29.4. The van der Waals surface area contributed by atoms with Crippen LogP contribution < -0.4 is 31.5 Å². The molecule has 88 heavy (non-hydrogen) atoms. The third kappa shape index (κ3) is 14.6. The van der Waals surface area contributed by atoms with E-state index in [4.69, 9.17) is 20.0 Å². The summed E-state index contributed by atoms with van der Waals surface area (Å²) >= 11 is 0. The van der Waals surface area contributed by atoms with Gasteiger partial charge < -0.3 is 36.4 Å². The number of amides is 2. The summed E-state index contributed by atoms with van der Waals surface area (Å²) in [6.45, 7) is 11.4. The molecule has 4 aliphatic heterocycles. The quantitative estimate of drug-likeness (QED) is 0.0453. The van der Waals surface area contributed by atoms with Crippen molar-refractivity contribution in [1.29, 1.82) is 0 Å². The van der Waals surface area contributed by atoms with Crippen molar-refractivity contribution in [1.82, 2.24) is 40.0 Å². The lowest BCUT2D eigenvalue weighted by atomic mass is 10.0. The van der Waals surface area contributed by atoms with Gasteiger partial charge in [0.15, 0.2) is 11.6 Å². The fourth-order valence-electron chi connectivity index (χ4n) is 11.2. The van der Waals surface area contributed by atoms with Gasteiger partial charge in [-0.3, -0.25) is 24.4 Å². The number of guanidine groups is 1. The summed E-state index contributed by atoms with van der Waals surface area (Å²) in [5.41, 5.74) is 4.20. The lowest BCUT2D eigenvalue weighted by Crippen LogP contribution is -2.48. The summed E-state index contributed by atoms with van der Waals surface area (Å²) in [7, 11) is 0. The highest BCUT2D eigenvalue weighted by molar-refractivity contribution is 6.06. The Bertz CT molecular complexity index is 3840. The SMILES string of the molecule is CCN(CC)c1ncc2ncnc(Nc3cc(C(=O)Nc4cc(CN5CCCC5)cc(C(F)(F)F)c4)ccc3CN3C=NC(Nc4cc(C(=O)Nc5cc(CN6CCCC6)cc(C(F)(F)F)c5)ccc4C)=C4NC(=NCCc5ccccc5)N=CC43)c2n1. The Morgan fingerprint density at radius 1 is 0.682 bits per heavy atom. The van der Waals surface area contributed by atoms with Crippen LogP contribution in [0, 0.1) is 6.92 Å². The van der Waals surface area contributed by atoms with Gasteiger partial charge in [0.2, 0.25) is 11.9 Å². The van der Waals surface area contributed by atoms with E-state index in [1.807, 2.05) is 60.9 Å². The van der Waals surface area contributed by atoms with Crippen molar-refractivity contribution in [2.45, 2.75) is 90.9 Å². The molecule has 2 saturated heterocycles. The third-order valence-corrected chi connectivity index (χ3v) is 15.8. The number of likely N-dealkylation sites (tertiary alicyclic amines) is 2. The van der Waals surface area contributed by atoms with Crippen LogP contribution in [0.5, 0.6) is 0 Å². The van der Waals surface area contributed by atoms with Crippen molar-refractivity contribution >= 4 is 75.9 Å². The van der Waals surface area contributed by atoms with E-state index in [1.165, 1.54) is 6.33 Å². The smallest absolute Gasteiger partial charge is 0.344 e.